The normalized spacial score (nSPS) is 21.4. The van der Waals surface area contributed by atoms with E-state index in [-0.39, 0.29) is 12.1 Å². The van der Waals surface area contributed by atoms with Gasteiger partial charge in [-0.3, -0.25) is 0 Å². The van der Waals surface area contributed by atoms with Crippen LogP contribution in [0.15, 0.2) is 24.3 Å². The summed E-state index contributed by atoms with van der Waals surface area (Å²) >= 11 is 0. The topological polar surface area (TPSA) is 41.5 Å². The van der Waals surface area contributed by atoms with Crippen LogP contribution in [0.2, 0.25) is 0 Å². The summed E-state index contributed by atoms with van der Waals surface area (Å²) in [5, 5.41) is 13.2. The van der Waals surface area contributed by atoms with E-state index in [1.807, 2.05) is 24.3 Å². The third-order valence-corrected chi connectivity index (χ3v) is 3.27. The Labute approximate surface area is 103 Å². The van der Waals surface area contributed by atoms with Crippen molar-refractivity contribution in [1.29, 1.82) is 0 Å². The minimum atomic E-state index is -0.289. The van der Waals surface area contributed by atoms with Crippen LogP contribution in [0, 0.1) is 6.92 Å². The van der Waals surface area contributed by atoms with Crippen molar-refractivity contribution in [2.45, 2.75) is 38.3 Å². The van der Waals surface area contributed by atoms with E-state index in [0.717, 1.165) is 18.7 Å². The molecule has 0 saturated carbocycles. The highest BCUT2D eigenvalue weighted by Crippen LogP contribution is 2.14. The number of ether oxygens (including phenoxy) is 1. The second-order valence-electron chi connectivity index (χ2n) is 4.72. The number of nitrogens with one attached hydrogen (secondary N) is 1. The molecule has 94 valence electrons. The van der Waals surface area contributed by atoms with Gasteiger partial charge in [-0.15, -0.1) is 0 Å². The predicted octanol–water partition coefficient (Wildman–Crippen LogP) is 1.88. The molecule has 2 unspecified atom stereocenters. The number of aliphatic hydroxyl groups is 1. The van der Waals surface area contributed by atoms with Crippen LogP contribution in [0.4, 0.5) is 0 Å². The minimum absolute atomic E-state index is 0.261. The molecule has 3 heteroatoms. The van der Waals surface area contributed by atoms with Crippen molar-refractivity contribution in [2.24, 2.45) is 0 Å². The average Bonchev–Trinajstić information content (AvgIpc) is 2.85. The predicted molar refractivity (Wildman–Crippen MR) is 68.3 cm³/mol. The van der Waals surface area contributed by atoms with Crippen molar-refractivity contribution < 1.29 is 9.84 Å². The second-order valence-corrected chi connectivity index (χ2v) is 4.72. The Morgan fingerprint density at radius 3 is 2.82 bits per heavy atom. The maximum atomic E-state index is 9.93. The first kappa shape index (κ1) is 12.4. The Kier molecular flexibility index (Phi) is 4.40. The van der Waals surface area contributed by atoms with E-state index in [1.165, 1.54) is 12.0 Å². The zero-order chi connectivity index (χ0) is 12.1. The summed E-state index contributed by atoms with van der Waals surface area (Å²) in [4.78, 5) is 0. The third kappa shape index (κ3) is 3.72. The van der Waals surface area contributed by atoms with E-state index in [1.54, 1.807) is 0 Å². The number of aliphatic hydroxyl groups excluding tert-OH is 1. The molecule has 1 aromatic carbocycles. The minimum Gasteiger partial charge on any atom is -0.493 e. The molecule has 0 radical (unpaired) electrons. The SMILES string of the molecule is Cc1ccc(OCCC(O)C2CCCN2)cc1. The molecule has 0 bridgehead atoms. The molecular weight excluding hydrogens is 214 g/mol. The monoisotopic (exact) mass is 235 g/mol. The second kappa shape index (κ2) is 6.03. The van der Waals surface area contributed by atoms with Gasteiger partial charge in [-0.05, 0) is 38.4 Å². The highest BCUT2D eigenvalue weighted by molar-refractivity contribution is 5.26. The zero-order valence-corrected chi connectivity index (χ0v) is 10.4. The van der Waals surface area contributed by atoms with Gasteiger partial charge in [0, 0.05) is 12.5 Å². The van der Waals surface area contributed by atoms with Gasteiger partial charge in [0.25, 0.3) is 0 Å². The quantitative estimate of drug-likeness (QED) is 0.818. The fraction of sp³-hybridized carbons (Fsp3) is 0.571. The maximum absolute atomic E-state index is 9.93. The molecule has 1 aromatic rings. The molecule has 1 fully saturated rings. The van der Waals surface area contributed by atoms with Gasteiger partial charge < -0.3 is 15.2 Å². The van der Waals surface area contributed by atoms with Crippen molar-refractivity contribution in [2.75, 3.05) is 13.2 Å². The first-order valence-electron chi connectivity index (χ1n) is 6.36. The molecule has 0 amide bonds. The Balaban J connectivity index is 1.70. The molecule has 17 heavy (non-hydrogen) atoms. The van der Waals surface area contributed by atoms with Crippen LogP contribution >= 0.6 is 0 Å². The van der Waals surface area contributed by atoms with Crippen LogP contribution in [0.1, 0.15) is 24.8 Å². The maximum Gasteiger partial charge on any atom is 0.119 e. The van der Waals surface area contributed by atoms with Crippen LogP contribution in [-0.4, -0.2) is 30.4 Å². The Morgan fingerprint density at radius 2 is 2.18 bits per heavy atom. The van der Waals surface area contributed by atoms with Crippen molar-refractivity contribution in [3.8, 4) is 5.75 Å². The van der Waals surface area contributed by atoms with E-state index < -0.39 is 0 Å². The van der Waals surface area contributed by atoms with Gasteiger partial charge in [-0.1, -0.05) is 17.7 Å². The van der Waals surface area contributed by atoms with E-state index >= 15 is 0 Å². The molecule has 1 heterocycles. The third-order valence-electron chi connectivity index (χ3n) is 3.27. The van der Waals surface area contributed by atoms with Crippen molar-refractivity contribution in [3.05, 3.63) is 29.8 Å². The summed E-state index contributed by atoms with van der Waals surface area (Å²) in [5.41, 5.74) is 1.23. The molecule has 0 aliphatic carbocycles. The largest absolute Gasteiger partial charge is 0.493 e. The summed E-state index contributed by atoms with van der Waals surface area (Å²) in [6.45, 7) is 3.66. The lowest BCUT2D eigenvalue weighted by atomic mass is 10.1. The highest BCUT2D eigenvalue weighted by atomic mass is 16.5. The standard InChI is InChI=1S/C14H21NO2/c1-11-4-6-12(7-5-11)17-10-8-14(16)13-3-2-9-15-13/h4-7,13-16H,2-3,8-10H2,1H3. The lowest BCUT2D eigenvalue weighted by molar-refractivity contribution is 0.107. The fourth-order valence-corrected chi connectivity index (χ4v) is 2.17. The van der Waals surface area contributed by atoms with Gasteiger partial charge in [-0.25, -0.2) is 0 Å². The molecule has 1 saturated heterocycles. The fourth-order valence-electron chi connectivity index (χ4n) is 2.17. The average molecular weight is 235 g/mol. The Hall–Kier alpha value is -1.06. The lowest BCUT2D eigenvalue weighted by Gasteiger charge is -2.18. The first-order chi connectivity index (χ1) is 8.25. The van der Waals surface area contributed by atoms with Gasteiger partial charge >= 0.3 is 0 Å². The number of hydrogen-bond donors (Lipinski definition) is 2. The smallest absolute Gasteiger partial charge is 0.119 e. The summed E-state index contributed by atoms with van der Waals surface area (Å²) in [7, 11) is 0. The van der Waals surface area contributed by atoms with Crippen LogP contribution in [0.5, 0.6) is 5.75 Å². The van der Waals surface area contributed by atoms with Gasteiger partial charge in [0.1, 0.15) is 5.75 Å². The Bertz CT molecular complexity index is 331. The van der Waals surface area contributed by atoms with Crippen molar-refractivity contribution >= 4 is 0 Å². The van der Waals surface area contributed by atoms with Crippen molar-refractivity contribution in [3.63, 3.8) is 0 Å². The zero-order valence-electron chi connectivity index (χ0n) is 10.4. The summed E-state index contributed by atoms with van der Waals surface area (Å²) in [6, 6.07) is 8.26. The molecule has 2 N–H and O–H groups in total. The number of aryl methyl sites for hydroxylation is 1. The van der Waals surface area contributed by atoms with Gasteiger partial charge in [0.15, 0.2) is 0 Å². The van der Waals surface area contributed by atoms with E-state index in [0.29, 0.717) is 13.0 Å². The molecule has 2 rings (SSSR count). The molecular formula is C14H21NO2. The molecule has 1 aliphatic rings. The number of benzene rings is 1. The van der Waals surface area contributed by atoms with E-state index in [2.05, 4.69) is 12.2 Å². The number of hydrogen-bond acceptors (Lipinski definition) is 3. The van der Waals surface area contributed by atoms with E-state index in [9.17, 15) is 5.11 Å². The number of rotatable bonds is 5. The van der Waals surface area contributed by atoms with Crippen LogP contribution < -0.4 is 10.1 Å². The first-order valence-corrected chi connectivity index (χ1v) is 6.36. The van der Waals surface area contributed by atoms with Gasteiger partial charge in [-0.2, -0.15) is 0 Å². The molecule has 3 nitrogen and oxygen atoms in total. The van der Waals surface area contributed by atoms with Gasteiger partial charge in [0.05, 0.1) is 12.7 Å². The van der Waals surface area contributed by atoms with Crippen LogP contribution in [0.25, 0.3) is 0 Å². The summed E-state index contributed by atoms with van der Waals surface area (Å²) in [5.74, 6) is 0.877. The Morgan fingerprint density at radius 1 is 1.41 bits per heavy atom. The summed E-state index contributed by atoms with van der Waals surface area (Å²) < 4.78 is 5.60. The van der Waals surface area contributed by atoms with Crippen molar-refractivity contribution in [1.82, 2.24) is 5.32 Å². The van der Waals surface area contributed by atoms with Gasteiger partial charge in [0.2, 0.25) is 0 Å². The molecule has 0 spiro atoms. The molecule has 0 aromatic heterocycles. The van der Waals surface area contributed by atoms with E-state index in [4.69, 9.17) is 4.74 Å². The summed E-state index contributed by atoms with van der Waals surface area (Å²) in [6.07, 6.45) is 2.64. The lowest BCUT2D eigenvalue weighted by Crippen LogP contribution is -2.35. The van der Waals surface area contributed by atoms with Crippen LogP contribution in [-0.2, 0) is 0 Å². The molecule has 1 aliphatic heterocycles. The van der Waals surface area contributed by atoms with Crippen LogP contribution in [0.3, 0.4) is 0 Å². The molecule has 2 atom stereocenters. The highest BCUT2D eigenvalue weighted by Gasteiger charge is 2.22.